The van der Waals surface area contributed by atoms with Crippen LogP contribution in [0.15, 0.2) is 84.9 Å². The lowest BCUT2D eigenvalue weighted by Gasteiger charge is -2.20. The van der Waals surface area contributed by atoms with Gasteiger partial charge in [0.05, 0.1) is 5.56 Å². The van der Waals surface area contributed by atoms with Gasteiger partial charge in [-0.2, -0.15) is 0 Å². The van der Waals surface area contributed by atoms with E-state index in [1.54, 1.807) is 24.3 Å². The van der Waals surface area contributed by atoms with Gasteiger partial charge in [0.2, 0.25) is 6.10 Å². The highest BCUT2D eigenvalue weighted by atomic mass is 16.5. The summed E-state index contributed by atoms with van der Waals surface area (Å²) in [6, 6.07) is 25.8. The Morgan fingerprint density at radius 1 is 0.885 bits per heavy atom. The van der Waals surface area contributed by atoms with E-state index in [2.05, 4.69) is 5.32 Å². The van der Waals surface area contributed by atoms with Gasteiger partial charge in [0.1, 0.15) is 5.75 Å². The Kier molecular flexibility index (Phi) is 5.78. The summed E-state index contributed by atoms with van der Waals surface area (Å²) in [7, 11) is 0. The molecule has 0 saturated carbocycles. The lowest BCUT2D eigenvalue weighted by molar-refractivity contribution is -0.128. The Labute approximate surface area is 152 Å². The molecule has 0 aliphatic carbocycles. The Bertz CT molecular complexity index is 863. The van der Waals surface area contributed by atoms with Crippen molar-refractivity contribution in [1.29, 1.82) is 0 Å². The number of carbonyl (C=O) groups is 2. The summed E-state index contributed by atoms with van der Waals surface area (Å²) < 4.78 is 5.93. The molecule has 1 unspecified atom stereocenters. The molecule has 0 aliphatic rings. The third-order valence-corrected chi connectivity index (χ3v) is 3.94. The SMILES string of the molecule is O=Cc1ccccc1OC(C(=O)NCc1ccccc1)c1ccccc1. The van der Waals surface area contributed by atoms with E-state index in [1.165, 1.54) is 0 Å². The summed E-state index contributed by atoms with van der Waals surface area (Å²) in [5, 5.41) is 2.90. The van der Waals surface area contributed by atoms with Gasteiger partial charge in [-0.1, -0.05) is 72.8 Å². The maximum atomic E-state index is 12.8. The fourth-order valence-electron chi connectivity index (χ4n) is 2.59. The van der Waals surface area contributed by atoms with Gasteiger partial charge in [0.25, 0.3) is 5.91 Å². The van der Waals surface area contributed by atoms with Gasteiger partial charge in [0, 0.05) is 12.1 Å². The molecule has 26 heavy (non-hydrogen) atoms. The van der Waals surface area contributed by atoms with Crippen molar-refractivity contribution in [3.63, 3.8) is 0 Å². The van der Waals surface area contributed by atoms with Crippen molar-refractivity contribution in [2.24, 2.45) is 0 Å². The van der Waals surface area contributed by atoms with Gasteiger partial charge in [-0.3, -0.25) is 9.59 Å². The van der Waals surface area contributed by atoms with Crippen LogP contribution in [-0.2, 0) is 11.3 Å². The molecule has 0 bridgehead atoms. The van der Waals surface area contributed by atoms with E-state index in [1.807, 2.05) is 60.7 Å². The largest absolute Gasteiger partial charge is 0.475 e. The van der Waals surface area contributed by atoms with Crippen LogP contribution in [0.3, 0.4) is 0 Å². The Morgan fingerprint density at radius 3 is 2.19 bits per heavy atom. The first-order valence-electron chi connectivity index (χ1n) is 8.35. The van der Waals surface area contributed by atoms with Crippen LogP contribution < -0.4 is 10.1 Å². The lowest BCUT2D eigenvalue weighted by Crippen LogP contribution is -2.32. The average Bonchev–Trinajstić information content (AvgIpc) is 2.72. The van der Waals surface area contributed by atoms with Gasteiger partial charge < -0.3 is 10.1 Å². The van der Waals surface area contributed by atoms with E-state index < -0.39 is 6.10 Å². The number of para-hydroxylation sites is 1. The van der Waals surface area contributed by atoms with Gasteiger partial charge in [0.15, 0.2) is 6.29 Å². The van der Waals surface area contributed by atoms with Crippen LogP contribution in [0.4, 0.5) is 0 Å². The van der Waals surface area contributed by atoms with E-state index in [9.17, 15) is 9.59 Å². The molecule has 0 heterocycles. The highest BCUT2D eigenvalue weighted by Gasteiger charge is 2.23. The number of carbonyl (C=O) groups excluding carboxylic acids is 2. The molecule has 3 rings (SSSR count). The average molecular weight is 345 g/mol. The fourth-order valence-corrected chi connectivity index (χ4v) is 2.59. The van der Waals surface area contributed by atoms with Crippen LogP contribution in [0, 0.1) is 0 Å². The fraction of sp³-hybridized carbons (Fsp3) is 0.0909. The number of benzene rings is 3. The molecule has 0 saturated heterocycles. The van der Waals surface area contributed by atoms with Crippen molar-refractivity contribution in [2.75, 3.05) is 0 Å². The minimum atomic E-state index is -0.846. The molecule has 0 spiro atoms. The molecule has 0 radical (unpaired) electrons. The Morgan fingerprint density at radius 2 is 1.50 bits per heavy atom. The first-order chi connectivity index (χ1) is 12.8. The van der Waals surface area contributed by atoms with Gasteiger partial charge in [-0.05, 0) is 17.7 Å². The molecule has 1 amide bonds. The molecule has 4 heteroatoms. The number of rotatable bonds is 7. The zero-order valence-corrected chi connectivity index (χ0v) is 14.2. The second kappa shape index (κ2) is 8.62. The molecule has 0 aliphatic heterocycles. The highest BCUT2D eigenvalue weighted by Crippen LogP contribution is 2.25. The monoisotopic (exact) mass is 345 g/mol. The molecule has 3 aromatic carbocycles. The second-order valence-electron chi connectivity index (χ2n) is 5.77. The summed E-state index contributed by atoms with van der Waals surface area (Å²) in [5.74, 6) is 0.118. The molecule has 4 nitrogen and oxygen atoms in total. The number of aldehydes is 1. The molecule has 1 N–H and O–H groups in total. The van der Waals surface area contributed by atoms with E-state index in [-0.39, 0.29) is 5.91 Å². The summed E-state index contributed by atoms with van der Waals surface area (Å²) in [4.78, 5) is 24.0. The molecule has 0 aromatic heterocycles. The van der Waals surface area contributed by atoms with Crippen molar-refractivity contribution in [1.82, 2.24) is 5.32 Å². The quantitative estimate of drug-likeness (QED) is 0.660. The topological polar surface area (TPSA) is 55.4 Å². The van der Waals surface area contributed by atoms with E-state index in [4.69, 9.17) is 4.74 Å². The molecule has 130 valence electrons. The third kappa shape index (κ3) is 4.36. The van der Waals surface area contributed by atoms with Crippen molar-refractivity contribution in [2.45, 2.75) is 12.6 Å². The minimum Gasteiger partial charge on any atom is -0.475 e. The summed E-state index contributed by atoms with van der Waals surface area (Å²) in [5.41, 5.74) is 2.13. The Hall–Kier alpha value is -3.40. The second-order valence-corrected chi connectivity index (χ2v) is 5.77. The molecule has 3 aromatic rings. The predicted octanol–water partition coefficient (Wildman–Crippen LogP) is 3.94. The minimum absolute atomic E-state index is 0.263. The zero-order valence-electron chi connectivity index (χ0n) is 14.2. The van der Waals surface area contributed by atoms with Crippen LogP contribution in [-0.4, -0.2) is 12.2 Å². The van der Waals surface area contributed by atoms with Crippen LogP contribution >= 0.6 is 0 Å². The van der Waals surface area contributed by atoms with Gasteiger partial charge >= 0.3 is 0 Å². The standard InChI is InChI=1S/C22H19NO3/c24-16-19-13-7-8-14-20(19)26-21(18-11-5-2-6-12-18)22(25)23-15-17-9-3-1-4-10-17/h1-14,16,21H,15H2,(H,23,25). The number of amides is 1. The van der Waals surface area contributed by atoms with Crippen LogP contribution in [0.1, 0.15) is 27.6 Å². The maximum absolute atomic E-state index is 12.8. The van der Waals surface area contributed by atoms with Crippen LogP contribution in [0.5, 0.6) is 5.75 Å². The normalized spacial score (nSPS) is 11.4. The van der Waals surface area contributed by atoms with E-state index in [0.717, 1.165) is 17.4 Å². The van der Waals surface area contributed by atoms with Crippen LogP contribution in [0.25, 0.3) is 0 Å². The summed E-state index contributed by atoms with van der Waals surface area (Å²) in [6.45, 7) is 0.404. The number of hydrogen-bond acceptors (Lipinski definition) is 3. The van der Waals surface area contributed by atoms with Crippen molar-refractivity contribution < 1.29 is 14.3 Å². The van der Waals surface area contributed by atoms with E-state index >= 15 is 0 Å². The van der Waals surface area contributed by atoms with Gasteiger partial charge in [-0.15, -0.1) is 0 Å². The number of hydrogen-bond donors (Lipinski definition) is 1. The van der Waals surface area contributed by atoms with Crippen molar-refractivity contribution in [3.05, 3.63) is 102 Å². The van der Waals surface area contributed by atoms with Crippen LogP contribution in [0.2, 0.25) is 0 Å². The maximum Gasteiger partial charge on any atom is 0.266 e. The summed E-state index contributed by atoms with van der Waals surface area (Å²) >= 11 is 0. The predicted molar refractivity (Wildman–Crippen MR) is 99.9 cm³/mol. The first kappa shape index (κ1) is 17.4. The smallest absolute Gasteiger partial charge is 0.266 e. The lowest BCUT2D eigenvalue weighted by atomic mass is 10.1. The van der Waals surface area contributed by atoms with Crippen molar-refractivity contribution >= 4 is 12.2 Å². The van der Waals surface area contributed by atoms with Crippen molar-refractivity contribution in [3.8, 4) is 5.75 Å². The number of nitrogens with one attached hydrogen (secondary N) is 1. The number of ether oxygens (including phenoxy) is 1. The molecular weight excluding hydrogens is 326 g/mol. The molecule has 0 fully saturated rings. The summed E-state index contributed by atoms with van der Waals surface area (Å²) in [6.07, 6.45) is -0.125. The Balaban J connectivity index is 1.81. The molecular formula is C22H19NO3. The first-order valence-corrected chi connectivity index (χ1v) is 8.35. The molecule has 1 atom stereocenters. The van der Waals surface area contributed by atoms with Gasteiger partial charge in [-0.25, -0.2) is 0 Å². The van der Waals surface area contributed by atoms with E-state index in [0.29, 0.717) is 17.9 Å². The zero-order chi connectivity index (χ0) is 18.2. The highest BCUT2D eigenvalue weighted by molar-refractivity contribution is 5.84. The third-order valence-electron chi connectivity index (χ3n) is 3.94.